The van der Waals surface area contributed by atoms with Gasteiger partial charge in [-0.15, -0.1) is 11.3 Å². The number of nitrogens with one attached hydrogen (secondary N) is 1. The van der Waals surface area contributed by atoms with Gasteiger partial charge in [0.25, 0.3) is 5.56 Å². The third-order valence-corrected chi connectivity index (χ3v) is 7.15. The monoisotopic (exact) mass is 487 g/mol. The topological polar surface area (TPSA) is 81.8 Å². The highest BCUT2D eigenvalue weighted by Gasteiger charge is 2.19. The van der Waals surface area contributed by atoms with Gasteiger partial charge < -0.3 is 5.32 Å². The highest BCUT2D eigenvalue weighted by molar-refractivity contribution is 7.99. The summed E-state index contributed by atoms with van der Waals surface area (Å²) in [5, 5.41) is 10.4. The molecule has 1 amide bonds. The summed E-state index contributed by atoms with van der Waals surface area (Å²) in [4.78, 5) is 31.7. The zero-order valence-corrected chi connectivity index (χ0v) is 20.1. The first-order valence-electron chi connectivity index (χ1n) is 10.1. The molecule has 0 aliphatic carbocycles. The van der Waals surface area contributed by atoms with Gasteiger partial charge in [-0.25, -0.2) is 4.98 Å². The molecule has 0 saturated carbocycles. The van der Waals surface area contributed by atoms with E-state index in [2.05, 4.69) is 10.4 Å². The van der Waals surface area contributed by atoms with Crippen LogP contribution in [-0.4, -0.2) is 31.0 Å². The van der Waals surface area contributed by atoms with Crippen molar-refractivity contribution in [3.63, 3.8) is 0 Å². The second-order valence-electron chi connectivity index (χ2n) is 7.12. The Kier molecular flexibility index (Phi) is 6.98. The van der Waals surface area contributed by atoms with Gasteiger partial charge in [-0.05, 0) is 36.9 Å². The molecular weight excluding hydrogens is 466 g/mol. The number of fused-ring (bicyclic) bond motifs is 1. The number of halogens is 1. The highest BCUT2D eigenvalue weighted by Crippen LogP contribution is 2.22. The fourth-order valence-electron chi connectivity index (χ4n) is 3.34. The van der Waals surface area contributed by atoms with E-state index in [4.69, 9.17) is 16.6 Å². The Morgan fingerprint density at radius 1 is 1.25 bits per heavy atom. The van der Waals surface area contributed by atoms with Crippen LogP contribution in [0.25, 0.3) is 11.0 Å². The minimum atomic E-state index is -0.159. The van der Waals surface area contributed by atoms with E-state index in [0.29, 0.717) is 46.5 Å². The lowest BCUT2D eigenvalue weighted by molar-refractivity contribution is -0.118. The number of aryl methyl sites for hydroxylation is 2. The minimum Gasteiger partial charge on any atom is -0.351 e. The van der Waals surface area contributed by atoms with Crippen molar-refractivity contribution < 1.29 is 4.79 Å². The average Bonchev–Trinajstić information content (AvgIpc) is 3.41. The van der Waals surface area contributed by atoms with Crippen LogP contribution in [0.15, 0.2) is 51.7 Å². The zero-order valence-electron chi connectivity index (χ0n) is 17.7. The van der Waals surface area contributed by atoms with Crippen molar-refractivity contribution in [2.24, 2.45) is 0 Å². The molecule has 0 spiro atoms. The number of nitrogens with zero attached hydrogens (tertiary/aromatic N) is 4. The molecule has 0 saturated heterocycles. The summed E-state index contributed by atoms with van der Waals surface area (Å²) in [6.07, 6.45) is 0. The van der Waals surface area contributed by atoms with E-state index in [0.717, 1.165) is 10.4 Å². The summed E-state index contributed by atoms with van der Waals surface area (Å²) >= 11 is 8.98. The van der Waals surface area contributed by atoms with Crippen molar-refractivity contribution >= 4 is 51.6 Å². The van der Waals surface area contributed by atoms with Gasteiger partial charge in [0, 0.05) is 23.0 Å². The SMILES string of the molecule is CCn1nc(C)c2nc(SCC(=O)NCc3ccccc3Cl)n(Cc3cccs3)c(=O)c21. The summed E-state index contributed by atoms with van der Waals surface area (Å²) < 4.78 is 3.32. The smallest absolute Gasteiger partial charge is 0.280 e. The Morgan fingerprint density at radius 3 is 2.78 bits per heavy atom. The summed E-state index contributed by atoms with van der Waals surface area (Å²) in [6, 6.07) is 11.3. The number of amides is 1. The van der Waals surface area contributed by atoms with E-state index >= 15 is 0 Å². The molecule has 1 aromatic carbocycles. The molecule has 0 atom stereocenters. The van der Waals surface area contributed by atoms with Crippen LogP contribution in [0.1, 0.15) is 23.1 Å². The van der Waals surface area contributed by atoms with Crippen LogP contribution in [0, 0.1) is 6.92 Å². The first-order valence-corrected chi connectivity index (χ1v) is 12.4. The van der Waals surface area contributed by atoms with Crippen LogP contribution in [0.5, 0.6) is 0 Å². The number of thioether (sulfide) groups is 1. The predicted molar refractivity (Wildman–Crippen MR) is 130 cm³/mol. The third-order valence-electron chi connectivity index (χ3n) is 4.94. The van der Waals surface area contributed by atoms with E-state index in [1.807, 2.05) is 49.6 Å². The van der Waals surface area contributed by atoms with E-state index in [1.165, 1.54) is 11.8 Å². The maximum Gasteiger partial charge on any atom is 0.280 e. The Morgan fingerprint density at radius 2 is 2.06 bits per heavy atom. The van der Waals surface area contributed by atoms with Crippen LogP contribution in [0.4, 0.5) is 0 Å². The Bertz CT molecular complexity index is 1310. The first kappa shape index (κ1) is 22.6. The van der Waals surface area contributed by atoms with Crippen molar-refractivity contribution in [1.29, 1.82) is 0 Å². The zero-order chi connectivity index (χ0) is 22.7. The number of hydrogen-bond donors (Lipinski definition) is 1. The van der Waals surface area contributed by atoms with Crippen LogP contribution < -0.4 is 10.9 Å². The summed E-state index contributed by atoms with van der Waals surface area (Å²) in [5.74, 6) is -0.0266. The lowest BCUT2D eigenvalue weighted by Gasteiger charge is -2.12. The first-order chi connectivity index (χ1) is 15.5. The van der Waals surface area contributed by atoms with Crippen molar-refractivity contribution in [2.75, 3.05) is 5.75 Å². The lowest BCUT2D eigenvalue weighted by Crippen LogP contribution is -2.27. The molecule has 10 heteroatoms. The van der Waals surface area contributed by atoms with Crippen LogP contribution in [-0.2, 0) is 24.4 Å². The van der Waals surface area contributed by atoms with Gasteiger partial charge in [0.1, 0.15) is 5.52 Å². The summed E-state index contributed by atoms with van der Waals surface area (Å²) in [7, 11) is 0. The quantitative estimate of drug-likeness (QED) is 0.299. The molecule has 0 aliphatic rings. The fraction of sp³-hybridized carbons (Fsp3) is 0.273. The number of hydrogen-bond acceptors (Lipinski definition) is 6. The molecule has 0 unspecified atom stereocenters. The van der Waals surface area contributed by atoms with Gasteiger partial charge in [0.05, 0.1) is 18.0 Å². The van der Waals surface area contributed by atoms with Gasteiger partial charge >= 0.3 is 0 Å². The van der Waals surface area contributed by atoms with Gasteiger partial charge in [-0.3, -0.25) is 18.8 Å². The molecule has 0 aliphatic heterocycles. The van der Waals surface area contributed by atoms with Crippen molar-refractivity contribution in [3.8, 4) is 0 Å². The summed E-state index contributed by atoms with van der Waals surface area (Å²) in [5.41, 5.74) is 2.48. The Balaban J connectivity index is 1.59. The molecular formula is C22H22ClN5O2S2. The third kappa shape index (κ3) is 4.74. The molecule has 0 radical (unpaired) electrons. The molecule has 32 heavy (non-hydrogen) atoms. The Hall–Kier alpha value is -2.62. The number of thiophene rings is 1. The largest absolute Gasteiger partial charge is 0.351 e. The normalized spacial score (nSPS) is 11.2. The molecule has 4 rings (SSSR count). The fourth-order valence-corrected chi connectivity index (χ4v) is 5.06. The second-order valence-corrected chi connectivity index (χ2v) is 9.50. The van der Waals surface area contributed by atoms with E-state index in [9.17, 15) is 9.59 Å². The molecule has 3 heterocycles. The van der Waals surface area contributed by atoms with Crippen molar-refractivity contribution in [2.45, 2.75) is 38.6 Å². The molecule has 166 valence electrons. The second kappa shape index (κ2) is 9.89. The summed E-state index contributed by atoms with van der Waals surface area (Å²) in [6.45, 7) is 5.11. The van der Waals surface area contributed by atoms with Gasteiger partial charge in [0.15, 0.2) is 10.7 Å². The van der Waals surface area contributed by atoms with E-state index in [-0.39, 0.29) is 17.2 Å². The number of aromatic nitrogens is 4. The van der Waals surface area contributed by atoms with Crippen LogP contribution in [0.3, 0.4) is 0 Å². The number of carbonyl (C=O) groups is 1. The van der Waals surface area contributed by atoms with E-state index in [1.54, 1.807) is 26.7 Å². The highest BCUT2D eigenvalue weighted by atomic mass is 35.5. The molecule has 3 aromatic heterocycles. The molecule has 1 N–H and O–H groups in total. The standard InChI is InChI=1S/C22H22ClN5O2S2/c1-3-28-20-19(14(2)26-28)25-22(27(21(20)30)12-16-8-6-10-31-16)32-13-18(29)24-11-15-7-4-5-9-17(15)23/h4-10H,3,11-13H2,1-2H3,(H,24,29). The number of rotatable bonds is 8. The maximum absolute atomic E-state index is 13.4. The molecule has 0 bridgehead atoms. The molecule has 0 fully saturated rings. The Labute approximate surface area is 198 Å². The van der Waals surface area contributed by atoms with Gasteiger partial charge in [0.2, 0.25) is 5.91 Å². The number of benzene rings is 1. The van der Waals surface area contributed by atoms with Gasteiger partial charge in [-0.1, -0.05) is 47.6 Å². The van der Waals surface area contributed by atoms with Crippen molar-refractivity contribution in [1.82, 2.24) is 24.6 Å². The maximum atomic E-state index is 13.4. The number of carbonyl (C=O) groups excluding carboxylic acids is 1. The molecule has 7 nitrogen and oxygen atoms in total. The lowest BCUT2D eigenvalue weighted by atomic mass is 10.2. The average molecular weight is 488 g/mol. The predicted octanol–water partition coefficient (Wildman–Crippen LogP) is 4.09. The molecule has 4 aromatic rings. The van der Waals surface area contributed by atoms with Gasteiger partial charge in [-0.2, -0.15) is 5.10 Å². The van der Waals surface area contributed by atoms with Crippen molar-refractivity contribution in [3.05, 3.63) is 73.3 Å². The van der Waals surface area contributed by atoms with Crippen LogP contribution >= 0.6 is 34.7 Å². The van der Waals surface area contributed by atoms with Crippen LogP contribution in [0.2, 0.25) is 5.02 Å². The minimum absolute atomic E-state index is 0.133. The van der Waals surface area contributed by atoms with E-state index < -0.39 is 0 Å².